The van der Waals surface area contributed by atoms with Crippen molar-refractivity contribution in [3.63, 3.8) is 0 Å². The molecule has 0 aromatic heterocycles. The fraction of sp³-hybridized carbons (Fsp3) is 0.533. The Morgan fingerprint density at radius 3 is 2.60 bits per heavy atom. The van der Waals surface area contributed by atoms with Crippen LogP contribution in [0.15, 0.2) is 24.3 Å². The van der Waals surface area contributed by atoms with Gasteiger partial charge in [-0.1, -0.05) is 31.4 Å². The van der Waals surface area contributed by atoms with Crippen LogP contribution in [0.1, 0.15) is 37.7 Å². The average Bonchev–Trinajstić information content (AvgIpc) is 2.38. The summed E-state index contributed by atoms with van der Waals surface area (Å²) in [5.41, 5.74) is 6.29. The molecule has 1 saturated carbocycles. The van der Waals surface area contributed by atoms with Crippen LogP contribution < -0.4 is 5.73 Å². The summed E-state index contributed by atoms with van der Waals surface area (Å²) in [4.78, 5) is 14.0. The fourth-order valence-electron chi connectivity index (χ4n) is 2.76. The Balaban J connectivity index is 0.00000200. The van der Waals surface area contributed by atoms with E-state index in [0.29, 0.717) is 6.54 Å². The van der Waals surface area contributed by atoms with E-state index < -0.39 is 5.54 Å². The first-order chi connectivity index (χ1) is 9.01. The zero-order valence-corrected chi connectivity index (χ0v) is 12.6. The van der Waals surface area contributed by atoms with Gasteiger partial charge in [0.2, 0.25) is 5.91 Å². The van der Waals surface area contributed by atoms with Crippen molar-refractivity contribution in [2.24, 2.45) is 5.73 Å². The van der Waals surface area contributed by atoms with Gasteiger partial charge in [-0.15, -0.1) is 12.4 Å². The van der Waals surface area contributed by atoms with Crippen molar-refractivity contribution in [2.45, 2.75) is 44.2 Å². The largest absolute Gasteiger partial charge is 0.340 e. The second-order valence-corrected chi connectivity index (χ2v) is 5.51. The van der Waals surface area contributed by atoms with Gasteiger partial charge in [0, 0.05) is 13.6 Å². The molecule has 1 aliphatic carbocycles. The predicted molar refractivity (Wildman–Crippen MR) is 80.1 cm³/mol. The molecule has 20 heavy (non-hydrogen) atoms. The van der Waals surface area contributed by atoms with Crippen LogP contribution in [0.4, 0.5) is 4.39 Å². The highest BCUT2D eigenvalue weighted by Gasteiger charge is 2.37. The second-order valence-electron chi connectivity index (χ2n) is 5.51. The molecular weight excluding hydrogens is 279 g/mol. The number of nitrogens with two attached hydrogens (primary N) is 1. The first kappa shape index (κ1) is 16.9. The monoisotopic (exact) mass is 300 g/mol. The van der Waals surface area contributed by atoms with Gasteiger partial charge in [-0.2, -0.15) is 0 Å². The number of halogens is 2. The molecule has 0 spiro atoms. The molecule has 0 aliphatic heterocycles. The van der Waals surface area contributed by atoms with Crippen LogP contribution in [0.2, 0.25) is 0 Å². The van der Waals surface area contributed by atoms with E-state index in [1.807, 2.05) is 6.07 Å². The van der Waals surface area contributed by atoms with E-state index in [0.717, 1.165) is 37.7 Å². The minimum Gasteiger partial charge on any atom is -0.340 e. The number of amides is 1. The minimum absolute atomic E-state index is 0. The summed E-state index contributed by atoms with van der Waals surface area (Å²) >= 11 is 0. The maximum absolute atomic E-state index is 13.1. The van der Waals surface area contributed by atoms with Crippen LogP contribution in [-0.4, -0.2) is 23.4 Å². The molecule has 112 valence electrons. The number of carbonyl (C=O) groups is 1. The Kier molecular flexibility index (Phi) is 5.96. The first-order valence-corrected chi connectivity index (χ1v) is 6.80. The molecule has 1 aromatic rings. The normalized spacial score (nSPS) is 17.1. The predicted octanol–water partition coefficient (Wildman–Crippen LogP) is 2.87. The summed E-state index contributed by atoms with van der Waals surface area (Å²) in [5, 5.41) is 0. The van der Waals surface area contributed by atoms with Crippen molar-refractivity contribution >= 4 is 18.3 Å². The molecule has 0 unspecified atom stereocenters. The third-order valence-corrected chi connectivity index (χ3v) is 3.83. The van der Waals surface area contributed by atoms with Crippen LogP contribution >= 0.6 is 12.4 Å². The summed E-state index contributed by atoms with van der Waals surface area (Å²) in [7, 11) is 1.73. The van der Waals surface area contributed by atoms with Gasteiger partial charge < -0.3 is 10.6 Å². The summed E-state index contributed by atoms with van der Waals surface area (Å²) in [5.74, 6) is -0.310. The van der Waals surface area contributed by atoms with Crippen LogP contribution in [-0.2, 0) is 11.3 Å². The second kappa shape index (κ2) is 7.04. The van der Waals surface area contributed by atoms with Crippen molar-refractivity contribution < 1.29 is 9.18 Å². The topological polar surface area (TPSA) is 46.3 Å². The van der Waals surface area contributed by atoms with Crippen molar-refractivity contribution in [2.75, 3.05) is 7.05 Å². The van der Waals surface area contributed by atoms with Crippen LogP contribution in [0.3, 0.4) is 0 Å². The molecule has 5 heteroatoms. The van der Waals surface area contributed by atoms with Crippen molar-refractivity contribution in [1.82, 2.24) is 4.90 Å². The highest BCUT2D eigenvalue weighted by atomic mass is 35.5. The Morgan fingerprint density at radius 2 is 2.00 bits per heavy atom. The molecule has 1 amide bonds. The van der Waals surface area contributed by atoms with Crippen molar-refractivity contribution in [3.8, 4) is 0 Å². The molecule has 0 atom stereocenters. The average molecular weight is 301 g/mol. The standard InChI is InChI=1S/C15H21FN2O.ClH/c1-18(11-12-6-5-7-13(16)10-12)14(19)15(17)8-3-2-4-9-15;/h5-7,10H,2-4,8-9,11,17H2,1H3;1H. The van der Waals surface area contributed by atoms with E-state index >= 15 is 0 Å². The first-order valence-electron chi connectivity index (χ1n) is 6.80. The summed E-state index contributed by atoms with van der Waals surface area (Å²) in [6, 6.07) is 6.32. The van der Waals surface area contributed by atoms with E-state index in [4.69, 9.17) is 5.73 Å². The zero-order chi connectivity index (χ0) is 13.9. The SMILES string of the molecule is CN(Cc1cccc(F)c1)C(=O)C1(N)CCCCC1.Cl. The maximum atomic E-state index is 13.1. The lowest BCUT2D eigenvalue weighted by molar-refractivity contribution is -0.137. The number of likely N-dealkylation sites (N-methyl/N-ethyl adjacent to an activating group) is 1. The van der Waals surface area contributed by atoms with Crippen LogP contribution in [0.25, 0.3) is 0 Å². The molecule has 1 aromatic carbocycles. The Labute approximate surface area is 125 Å². The molecule has 1 aliphatic rings. The van der Waals surface area contributed by atoms with Gasteiger partial charge in [-0.25, -0.2) is 4.39 Å². The Bertz CT molecular complexity index is 461. The van der Waals surface area contributed by atoms with E-state index in [9.17, 15) is 9.18 Å². The molecule has 0 heterocycles. The minimum atomic E-state index is -0.722. The smallest absolute Gasteiger partial charge is 0.242 e. The van der Waals surface area contributed by atoms with Crippen LogP contribution in [0.5, 0.6) is 0 Å². The van der Waals surface area contributed by atoms with Crippen LogP contribution in [0, 0.1) is 5.82 Å². The van der Waals surface area contributed by atoms with E-state index in [-0.39, 0.29) is 24.1 Å². The number of carbonyl (C=O) groups excluding carboxylic acids is 1. The summed E-state index contributed by atoms with van der Waals surface area (Å²) < 4.78 is 13.1. The van der Waals surface area contributed by atoms with Gasteiger partial charge in [-0.3, -0.25) is 4.79 Å². The third-order valence-electron chi connectivity index (χ3n) is 3.83. The maximum Gasteiger partial charge on any atom is 0.242 e. The van der Waals surface area contributed by atoms with Gasteiger partial charge in [0.15, 0.2) is 0 Å². The molecule has 2 rings (SSSR count). The van der Waals surface area contributed by atoms with Gasteiger partial charge in [-0.05, 0) is 30.5 Å². The van der Waals surface area contributed by atoms with Crippen molar-refractivity contribution in [3.05, 3.63) is 35.6 Å². The van der Waals surface area contributed by atoms with E-state index in [1.165, 1.54) is 12.1 Å². The molecule has 1 fully saturated rings. The zero-order valence-electron chi connectivity index (χ0n) is 11.8. The van der Waals surface area contributed by atoms with Gasteiger partial charge in [0.05, 0.1) is 5.54 Å². The van der Waals surface area contributed by atoms with E-state index in [2.05, 4.69) is 0 Å². The Hall–Kier alpha value is -1.13. The summed E-state index contributed by atoms with van der Waals surface area (Å²) in [6.45, 7) is 0.398. The lowest BCUT2D eigenvalue weighted by Crippen LogP contribution is -2.55. The van der Waals surface area contributed by atoms with Gasteiger partial charge in [0.25, 0.3) is 0 Å². The lowest BCUT2D eigenvalue weighted by atomic mass is 9.81. The summed E-state index contributed by atoms with van der Waals surface area (Å²) in [6.07, 6.45) is 4.67. The molecule has 3 nitrogen and oxygen atoms in total. The number of nitrogens with zero attached hydrogens (tertiary/aromatic N) is 1. The third kappa shape index (κ3) is 3.93. The van der Waals surface area contributed by atoms with Gasteiger partial charge >= 0.3 is 0 Å². The molecule has 0 radical (unpaired) electrons. The molecule has 0 bridgehead atoms. The molecule has 2 N–H and O–H groups in total. The number of rotatable bonds is 3. The van der Waals surface area contributed by atoms with Crippen molar-refractivity contribution in [1.29, 1.82) is 0 Å². The molecule has 0 saturated heterocycles. The number of hydrogen-bond donors (Lipinski definition) is 1. The fourth-order valence-corrected chi connectivity index (χ4v) is 2.76. The lowest BCUT2D eigenvalue weighted by Gasteiger charge is -2.35. The molecular formula is C15H22ClFN2O. The number of hydrogen-bond acceptors (Lipinski definition) is 2. The van der Waals surface area contributed by atoms with E-state index in [1.54, 1.807) is 18.0 Å². The highest BCUT2D eigenvalue weighted by Crippen LogP contribution is 2.27. The van der Waals surface area contributed by atoms with Gasteiger partial charge in [0.1, 0.15) is 5.82 Å². The number of benzene rings is 1. The Morgan fingerprint density at radius 1 is 1.35 bits per heavy atom. The highest BCUT2D eigenvalue weighted by molar-refractivity contribution is 5.86. The quantitative estimate of drug-likeness (QED) is 0.933.